The Morgan fingerprint density at radius 3 is 2.43 bits per heavy atom. The molecule has 2 unspecified atom stereocenters. The molecule has 0 radical (unpaired) electrons. The summed E-state index contributed by atoms with van der Waals surface area (Å²) in [6.45, 7) is 0. The first-order valence-electron chi connectivity index (χ1n) is 6.99. The van der Waals surface area contributed by atoms with E-state index in [0.29, 0.717) is 5.92 Å². The van der Waals surface area contributed by atoms with Crippen LogP contribution in [0.15, 0.2) is 24.3 Å². The molecule has 6 nitrogen and oxygen atoms in total. The molecule has 1 saturated carbocycles. The van der Waals surface area contributed by atoms with E-state index < -0.39 is 11.9 Å². The van der Waals surface area contributed by atoms with Crippen LogP contribution in [0.5, 0.6) is 5.75 Å². The third-order valence-electron chi connectivity index (χ3n) is 3.62. The highest BCUT2D eigenvalue weighted by Gasteiger charge is 2.34. The van der Waals surface area contributed by atoms with Crippen LogP contribution in [0.3, 0.4) is 0 Å². The fraction of sp³-hybridized carbons (Fsp3) is 0.467. The van der Waals surface area contributed by atoms with Crippen molar-refractivity contribution in [2.75, 3.05) is 7.11 Å². The maximum Gasteiger partial charge on any atom is 0.237 e. The monoisotopic (exact) mass is 291 g/mol. The number of carbonyl (C=O) groups excluding carboxylic acids is 2. The largest absolute Gasteiger partial charge is 0.497 e. The molecule has 2 atom stereocenters. The molecule has 0 spiro atoms. The van der Waals surface area contributed by atoms with Gasteiger partial charge in [0.2, 0.25) is 11.8 Å². The summed E-state index contributed by atoms with van der Waals surface area (Å²) in [4.78, 5) is 22.9. The normalized spacial score (nSPS) is 16.9. The van der Waals surface area contributed by atoms with Gasteiger partial charge in [-0.3, -0.25) is 9.59 Å². The second-order valence-electron chi connectivity index (χ2n) is 5.37. The lowest BCUT2D eigenvalue weighted by Crippen LogP contribution is -2.44. The lowest BCUT2D eigenvalue weighted by Gasteiger charge is -2.21. The van der Waals surface area contributed by atoms with Gasteiger partial charge < -0.3 is 21.5 Å². The summed E-state index contributed by atoms with van der Waals surface area (Å²) < 4.78 is 5.13. The van der Waals surface area contributed by atoms with Gasteiger partial charge in [-0.25, -0.2) is 0 Å². The summed E-state index contributed by atoms with van der Waals surface area (Å²) in [5, 5.41) is 2.93. The number of nitrogens with two attached hydrogens (primary N) is 2. The quantitative estimate of drug-likeness (QED) is 0.678. The third kappa shape index (κ3) is 4.19. The summed E-state index contributed by atoms with van der Waals surface area (Å²) in [6.07, 6.45) is 2.00. The number of nitrogens with one attached hydrogen (secondary N) is 1. The molecule has 1 fully saturated rings. The van der Waals surface area contributed by atoms with Gasteiger partial charge in [-0.2, -0.15) is 0 Å². The number of carbonyl (C=O) groups is 2. The van der Waals surface area contributed by atoms with Gasteiger partial charge in [0, 0.05) is 0 Å². The van der Waals surface area contributed by atoms with Crippen LogP contribution in [0.2, 0.25) is 0 Å². The van der Waals surface area contributed by atoms with Gasteiger partial charge in [-0.05, 0) is 36.5 Å². The number of ether oxygens (including phenoxy) is 1. The van der Waals surface area contributed by atoms with Crippen molar-refractivity contribution in [1.82, 2.24) is 5.32 Å². The van der Waals surface area contributed by atoms with Crippen LogP contribution in [-0.4, -0.2) is 25.0 Å². The van der Waals surface area contributed by atoms with Gasteiger partial charge in [0.25, 0.3) is 0 Å². The SMILES string of the molecule is COc1ccc(C(NC(=O)C(N)CC(N)=O)C2CC2)cc1. The Labute approximate surface area is 123 Å². The van der Waals surface area contributed by atoms with Crippen molar-refractivity contribution in [2.45, 2.75) is 31.3 Å². The van der Waals surface area contributed by atoms with E-state index in [4.69, 9.17) is 16.2 Å². The molecule has 1 aromatic carbocycles. The van der Waals surface area contributed by atoms with Crippen molar-refractivity contribution >= 4 is 11.8 Å². The Balaban J connectivity index is 2.05. The summed E-state index contributed by atoms with van der Waals surface area (Å²) in [7, 11) is 1.61. The third-order valence-corrected chi connectivity index (χ3v) is 3.62. The van der Waals surface area contributed by atoms with Gasteiger partial charge in [0.05, 0.1) is 25.6 Å². The number of hydrogen-bond donors (Lipinski definition) is 3. The highest BCUT2D eigenvalue weighted by atomic mass is 16.5. The van der Waals surface area contributed by atoms with Crippen LogP contribution in [0, 0.1) is 5.92 Å². The minimum atomic E-state index is -0.901. The zero-order valence-electron chi connectivity index (χ0n) is 12.0. The summed E-state index contributed by atoms with van der Waals surface area (Å²) in [5.41, 5.74) is 11.8. The molecule has 5 N–H and O–H groups in total. The summed E-state index contributed by atoms with van der Waals surface area (Å²) in [6, 6.07) is 6.61. The molecule has 1 aliphatic rings. The van der Waals surface area contributed by atoms with Gasteiger partial charge in [0.15, 0.2) is 0 Å². The van der Waals surface area contributed by atoms with Crippen molar-refractivity contribution < 1.29 is 14.3 Å². The number of primary amides is 1. The molecule has 2 rings (SSSR count). The second kappa shape index (κ2) is 6.58. The molecule has 114 valence electrons. The van der Waals surface area contributed by atoms with Crippen molar-refractivity contribution in [2.24, 2.45) is 17.4 Å². The topological polar surface area (TPSA) is 107 Å². The number of amides is 2. The Kier molecular flexibility index (Phi) is 4.80. The Morgan fingerprint density at radius 1 is 1.33 bits per heavy atom. The van der Waals surface area contributed by atoms with E-state index in [0.717, 1.165) is 24.2 Å². The van der Waals surface area contributed by atoms with Crippen LogP contribution in [-0.2, 0) is 9.59 Å². The van der Waals surface area contributed by atoms with Gasteiger partial charge in [-0.1, -0.05) is 12.1 Å². The Hall–Kier alpha value is -2.08. The maximum absolute atomic E-state index is 12.0. The van der Waals surface area contributed by atoms with Crippen LogP contribution in [0.4, 0.5) is 0 Å². The minimum Gasteiger partial charge on any atom is -0.497 e. The van der Waals surface area contributed by atoms with Crippen molar-refractivity contribution in [3.8, 4) is 5.75 Å². The molecular weight excluding hydrogens is 270 g/mol. The number of benzene rings is 1. The molecule has 6 heteroatoms. The zero-order chi connectivity index (χ0) is 15.4. The van der Waals surface area contributed by atoms with Crippen molar-refractivity contribution in [1.29, 1.82) is 0 Å². The smallest absolute Gasteiger partial charge is 0.237 e. The predicted molar refractivity (Wildman–Crippen MR) is 78.4 cm³/mol. The highest BCUT2D eigenvalue weighted by molar-refractivity contribution is 5.87. The molecule has 1 aliphatic carbocycles. The number of rotatable bonds is 7. The molecule has 21 heavy (non-hydrogen) atoms. The van der Waals surface area contributed by atoms with Gasteiger partial charge in [0.1, 0.15) is 5.75 Å². The summed E-state index contributed by atoms with van der Waals surface area (Å²) >= 11 is 0. The zero-order valence-corrected chi connectivity index (χ0v) is 12.0. The van der Waals surface area contributed by atoms with E-state index in [2.05, 4.69) is 5.32 Å². The van der Waals surface area contributed by atoms with E-state index in [9.17, 15) is 9.59 Å². The van der Waals surface area contributed by atoms with Crippen LogP contribution in [0.25, 0.3) is 0 Å². The van der Waals surface area contributed by atoms with E-state index in [1.165, 1.54) is 0 Å². The molecule has 0 aliphatic heterocycles. The fourth-order valence-corrected chi connectivity index (χ4v) is 2.28. The standard InChI is InChI=1S/C15H21N3O3/c1-21-11-6-4-10(5-7-11)14(9-2-3-9)18-15(20)12(16)8-13(17)19/h4-7,9,12,14H,2-3,8,16H2,1H3,(H2,17,19)(H,18,20). The Bertz CT molecular complexity index is 511. The fourth-order valence-electron chi connectivity index (χ4n) is 2.28. The van der Waals surface area contributed by atoms with Crippen LogP contribution < -0.4 is 21.5 Å². The molecule has 0 bridgehead atoms. The first-order valence-corrected chi connectivity index (χ1v) is 6.99. The average Bonchev–Trinajstić information content (AvgIpc) is 3.28. The molecule has 1 aromatic rings. The molecule has 0 heterocycles. The van der Waals surface area contributed by atoms with E-state index in [-0.39, 0.29) is 18.4 Å². The predicted octanol–water partition coefficient (Wildman–Crippen LogP) is 0.465. The molecule has 2 amide bonds. The van der Waals surface area contributed by atoms with Gasteiger partial charge in [-0.15, -0.1) is 0 Å². The highest BCUT2D eigenvalue weighted by Crippen LogP contribution is 2.41. The minimum absolute atomic E-state index is 0.0812. The van der Waals surface area contributed by atoms with Crippen molar-refractivity contribution in [3.63, 3.8) is 0 Å². The first kappa shape index (κ1) is 15.3. The lowest BCUT2D eigenvalue weighted by atomic mass is 10.0. The van der Waals surface area contributed by atoms with E-state index >= 15 is 0 Å². The second-order valence-corrected chi connectivity index (χ2v) is 5.37. The lowest BCUT2D eigenvalue weighted by molar-refractivity contribution is -0.127. The van der Waals surface area contributed by atoms with Crippen LogP contribution in [0.1, 0.15) is 30.9 Å². The van der Waals surface area contributed by atoms with Gasteiger partial charge >= 0.3 is 0 Å². The van der Waals surface area contributed by atoms with Crippen molar-refractivity contribution in [3.05, 3.63) is 29.8 Å². The first-order chi connectivity index (χ1) is 10.0. The molecule has 0 saturated heterocycles. The van der Waals surface area contributed by atoms with E-state index in [1.54, 1.807) is 7.11 Å². The Morgan fingerprint density at radius 2 is 1.95 bits per heavy atom. The molecule has 0 aromatic heterocycles. The van der Waals surface area contributed by atoms with Crippen LogP contribution >= 0.6 is 0 Å². The average molecular weight is 291 g/mol. The maximum atomic E-state index is 12.0. The van der Waals surface area contributed by atoms with E-state index in [1.807, 2.05) is 24.3 Å². The summed E-state index contributed by atoms with van der Waals surface area (Å²) in [5.74, 6) is 0.264. The number of hydrogen-bond acceptors (Lipinski definition) is 4. The molecular formula is C15H21N3O3. The number of methoxy groups -OCH3 is 1.